The van der Waals surface area contributed by atoms with Gasteiger partial charge in [-0.3, -0.25) is 14.2 Å². The molecule has 2 aromatic heterocycles. The van der Waals surface area contributed by atoms with Crippen molar-refractivity contribution < 1.29 is 9.21 Å². The molecular formula is C17H22N4O3. The second kappa shape index (κ2) is 6.22. The Labute approximate surface area is 140 Å². The lowest BCUT2D eigenvalue weighted by Crippen LogP contribution is -2.33. The summed E-state index contributed by atoms with van der Waals surface area (Å²) < 4.78 is 7.13. The molecule has 0 bridgehead atoms. The van der Waals surface area contributed by atoms with Crippen LogP contribution in [0.4, 0.5) is 0 Å². The van der Waals surface area contributed by atoms with Crippen LogP contribution in [0.1, 0.15) is 46.1 Å². The van der Waals surface area contributed by atoms with E-state index in [4.69, 9.17) is 4.42 Å². The van der Waals surface area contributed by atoms with Gasteiger partial charge in [-0.1, -0.05) is 6.92 Å². The number of oxazole rings is 1. The molecule has 3 rings (SSSR count). The van der Waals surface area contributed by atoms with Crippen molar-refractivity contribution in [1.82, 2.24) is 19.4 Å². The Balaban J connectivity index is 1.86. The van der Waals surface area contributed by atoms with Gasteiger partial charge in [0.05, 0.1) is 11.4 Å². The summed E-state index contributed by atoms with van der Waals surface area (Å²) >= 11 is 0. The second-order valence-corrected chi connectivity index (χ2v) is 6.12. The number of nitrogens with zero attached hydrogens (tertiary/aromatic N) is 4. The average molecular weight is 330 g/mol. The quantitative estimate of drug-likeness (QED) is 0.826. The summed E-state index contributed by atoms with van der Waals surface area (Å²) in [6.45, 7) is 6.54. The summed E-state index contributed by atoms with van der Waals surface area (Å²) in [4.78, 5) is 35.7. The molecule has 0 unspecified atom stereocenters. The lowest BCUT2D eigenvalue weighted by Gasteiger charge is -2.18. The predicted octanol–water partition coefficient (Wildman–Crippen LogP) is 1.19. The van der Waals surface area contributed by atoms with Crippen LogP contribution in [-0.4, -0.2) is 38.4 Å². The third-order valence-corrected chi connectivity index (χ3v) is 4.57. The monoisotopic (exact) mass is 330 g/mol. The zero-order chi connectivity index (χ0) is 17.4. The number of rotatable bonds is 2. The lowest BCUT2D eigenvalue weighted by molar-refractivity contribution is 0.0728. The van der Waals surface area contributed by atoms with Crippen molar-refractivity contribution in [2.75, 3.05) is 13.1 Å². The number of fused-ring (bicyclic) bond motifs is 1. The maximum absolute atomic E-state index is 12.8. The molecule has 0 aromatic carbocycles. The molecule has 1 amide bonds. The highest BCUT2D eigenvalue weighted by atomic mass is 16.4. The fourth-order valence-corrected chi connectivity index (χ4v) is 3.02. The largest absolute Gasteiger partial charge is 0.435 e. The van der Waals surface area contributed by atoms with Crippen LogP contribution in [0.25, 0.3) is 0 Å². The maximum Gasteiger partial charge on any atom is 0.291 e. The molecule has 1 aliphatic rings. The van der Waals surface area contributed by atoms with Gasteiger partial charge in [0, 0.05) is 38.5 Å². The highest BCUT2D eigenvalue weighted by molar-refractivity contribution is 5.92. The van der Waals surface area contributed by atoms with Crippen molar-refractivity contribution in [2.45, 2.75) is 40.0 Å². The maximum atomic E-state index is 12.8. The van der Waals surface area contributed by atoms with Crippen LogP contribution >= 0.6 is 0 Å². The zero-order valence-electron chi connectivity index (χ0n) is 14.5. The number of carbonyl (C=O) groups excluding carboxylic acids is 1. The van der Waals surface area contributed by atoms with Gasteiger partial charge in [-0.15, -0.1) is 0 Å². The molecule has 7 nitrogen and oxygen atoms in total. The summed E-state index contributed by atoms with van der Waals surface area (Å²) in [5, 5.41) is 0. The van der Waals surface area contributed by atoms with Gasteiger partial charge in [0.1, 0.15) is 5.82 Å². The van der Waals surface area contributed by atoms with E-state index in [1.54, 1.807) is 23.4 Å². The van der Waals surface area contributed by atoms with Crippen molar-refractivity contribution in [1.29, 1.82) is 0 Å². The molecule has 0 spiro atoms. The number of amides is 1. The van der Waals surface area contributed by atoms with Gasteiger partial charge >= 0.3 is 0 Å². The summed E-state index contributed by atoms with van der Waals surface area (Å²) in [5.41, 5.74) is 2.11. The normalized spacial score (nSPS) is 14.4. The minimum atomic E-state index is -0.166. The molecule has 1 aliphatic heterocycles. The average Bonchev–Trinajstić information content (AvgIpc) is 2.81. The number of hydrogen-bond acceptors (Lipinski definition) is 5. The van der Waals surface area contributed by atoms with E-state index >= 15 is 0 Å². The standard InChI is InChI=1S/C17H22N4O3/c1-5-14-18-10(2)15(24-14)17(23)21-8-6-12-13(7-9-21)19-11(3)20(4)16(12)22/h5-9H2,1-4H3. The molecule has 128 valence electrons. The van der Waals surface area contributed by atoms with Crippen molar-refractivity contribution in [2.24, 2.45) is 7.05 Å². The Hall–Kier alpha value is -2.44. The van der Waals surface area contributed by atoms with E-state index in [1.807, 2.05) is 13.8 Å². The van der Waals surface area contributed by atoms with Crippen molar-refractivity contribution in [3.8, 4) is 0 Å². The molecule has 0 N–H and O–H groups in total. The summed E-state index contributed by atoms with van der Waals surface area (Å²) in [5.74, 6) is 1.40. The lowest BCUT2D eigenvalue weighted by atomic mass is 10.1. The van der Waals surface area contributed by atoms with Gasteiger partial charge < -0.3 is 9.32 Å². The molecule has 2 aromatic rings. The smallest absolute Gasteiger partial charge is 0.291 e. The first-order valence-corrected chi connectivity index (χ1v) is 8.23. The van der Waals surface area contributed by atoms with E-state index in [1.165, 1.54) is 0 Å². The van der Waals surface area contributed by atoms with Crippen LogP contribution in [0.2, 0.25) is 0 Å². The first kappa shape index (κ1) is 16.4. The van der Waals surface area contributed by atoms with Crippen molar-refractivity contribution in [3.63, 3.8) is 0 Å². The SMILES string of the molecule is CCc1nc(C)c(C(=O)N2CCc3nc(C)n(C)c(=O)c3CC2)o1. The molecule has 0 saturated heterocycles. The Kier molecular flexibility index (Phi) is 4.26. The molecule has 0 saturated carbocycles. The Bertz CT molecular complexity index is 850. The molecule has 0 radical (unpaired) electrons. The third kappa shape index (κ3) is 2.74. The van der Waals surface area contributed by atoms with Gasteiger partial charge in [-0.05, 0) is 20.3 Å². The second-order valence-electron chi connectivity index (χ2n) is 6.12. The van der Waals surface area contributed by atoms with Crippen molar-refractivity contribution in [3.05, 3.63) is 44.8 Å². The number of aromatic nitrogens is 3. The van der Waals surface area contributed by atoms with Crippen LogP contribution in [-0.2, 0) is 26.3 Å². The molecule has 3 heterocycles. The van der Waals surface area contributed by atoms with Gasteiger partial charge in [0.15, 0.2) is 5.89 Å². The van der Waals surface area contributed by atoms with Gasteiger partial charge in [-0.25, -0.2) is 9.97 Å². The van der Waals surface area contributed by atoms with Gasteiger partial charge in [0.25, 0.3) is 11.5 Å². The fourth-order valence-electron chi connectivity index (χ4n) is 3.02. The third-order valence-electron chi connectivity index (χ3n) is 4.57. The molecule has 0 fully saturated rings. The summed E-state index contributed by atoms with van der Waals surface area (Å²) in [6, 6.07) is 0. The summed E-state index contributed by atoms with van der Waals surface area (Å²) in [6.07, 6.45) is 1.74. The van der Waals surface area contributed by atoms with Gasteiger partial charge in [-0.2, -0.15) is 0 Å². The predicted molar refractivity (Wildman–Crippen MR) is 88.1 cm³/mol. The van der Waals surface area contributed by atoms with E-state index < -0.39 is 0 Å². The minimum absolute atomic E-state index is 0.0177. The number of carbonyl (C=O) groups is 1. The van der Waals surface area contributed by atoms with E-state index in [-0.39, 0.29) is 11.5 Å². The minimum Gasteiger partial charge on any atom is -0.435 e. The van der Waals surface area contributed by atoms with E-state index in [9.17, 15) is 9.59 Å². The molecule has 24 heavy (non-hydrogen) atoms. The Morgan fingerprint density at radius 3 is 2.58 bits per heavy atom. The topological polar surface area (TPSA) is 81.2 Å². The Morgan fingerprint density at radius 2 is 1.92 bits per heavy atom. The highest BCUT2D eigenvalue weighted by Crippen LogP contribution is 2.17. The zero-order valence-corrected chi connectivity index (χ0v) is 14.5. The van der Waals surface area contributed by atoms with Crippen LogP contribution < -0.4 is 5.56 Å². The van der Waals surface area contributed by atoms with Crippen LogP contribution in [0.5, 0.6) is 0 Å². The van der Waals surface area contributed by atoms with Crippen molar-refractivity contribution >= 4 is 5.91 Å². The van der Waals surface area contributed by atoms with Crippen LogP contribution in [0, 0.1) is 13.8 Å². The molecular weight excluding hydrogens is 308 g/mol. The van der Waals surface area contributed by atoms with Crippen LogP contribution in [0.3, 0.4) is 0 Å². The molecule has 0 aliphatic carbocycles. The van der Waals surface area contributed by atoms with E-state index in [0.29, 0.717) is 61.1 Å². The fraction of sp³-hybridized carbons (Fsp3) is 0.529. The highest BCUT2D eigenvalue weighted by Gasteiger charge is 2.26. The number of aryl methyl sites for hydroxylation is 3. The van der Waals surface area contributed by atoms with E-state index in [2.05, 4.69) is 9.97 Å². The first-order chi connectivity index (χ1) is 11.4. The van der Waals surface area contributed by atoms with E-state index in [0.717, 1.165) is 5.69 Å². The first-order valence-electron chi connectivity index (χ1n) is 8.23. The molecule has 7 heteroatoms. The van der Waals surface area contributed by atoms with Crippen LogP contribution in [0.15, 0.2) is 9.21 Å². The summed E-state index contributed by atoms with van der Waals surface area (Å²) in [7, 11) is 1.73. The van der Waals surface area contributed by atoms with Gasteiger partial charge in [0.2, 0.25) is 5.76 Å². The molecule has 0 atom stereocenters. The Morgan fingerprint density at radius 1 is 1.21 bits per heavy atom. The number of hydrogen-bond donors (Lipinski definition) is 0.